The Morgan fingerprint density at radius 1 is 1.15 bits per heavy atom. The third kappa shape index (κ3) is 5.47. The molecule has 2 fully saturated rings. The molecule has 0 aliphatic carbocycles. The average Bonchev–Trinajstić information content (AvgIpc) is 3.57. The van der Waals surface area contributed by atoms with Crippen molar-refractivity contribution in [2.45, 2.75) is 48.7 Å². The van der Waals surface area contributed by atoms with Gasteiger partial charge in [0, 0.05) is 47.6 Å². The summed E-state index contributed by atoms with van der Waals surface area (Å²) < 4.78 is 20.5. The number of imide groups is 1. The van der Waals surface area contributed by atoms with E-state index < -0.39 is 11.9 Å². The van der Waals surface area contributed by atoms with E-state index in [-0.39, 0.29) is 42.5 Å². The van der Waals surface area contributed by atoms with Crippen LogP contribution in [0, 0.1) is 17.1 Å². The summed E-state index contributed by atoms with van der Waals surface area (Å²) in [5, 5.41) is 12.4. The molecule has 3 amide bonds. The molecule has 1 aromatic heterocycles. The van der Waals surface area contributed by atoms with Crippen LogP contribution in [-0.4, -0.2) is 52.0 Å². The van der Waals surface area contributed by atoms with E-state index in [0.29, 0.717) is 35.5 Å². The molecule has 0 saturated carbocycles. The molecule has 1 N–H and O–H groups in total. The number of anilines is 1. The van der Waals surface area contributed by atoms with Crippen LogP contribution in [0.15, 0.2) is 59.8 Å². The van der Waals surface area contributed by atoms with Gasteiger partial charge in [-0.1, -0.05) is 12.1 Å². The van der Waals surface area contributed by atoms with E-state index in [4.69, 9.17) is 10.00 Å². The van der Waals surface area contributed by atoms with Gasteiger partial charge in [0.2, 0.25) is 11.8 Å². The van der Waals surface area contributed by atoms with E-state index in [0.717, 1.165) is 29.1 Å². The van der Waals surface area contributed by atoms with Gasteiger partial charge in [-0.05, 0) is 49.2 Å². The third-order valence-corrected chi connectivity index (χ3v) is 8.78. The van der Waals surface area contributed by atoms with Crippen molar-refractivity contribution in [2.75, 3.05) is 18.0 Å². The molecule has 2 saturated heterocycles. The number of fused-ring (bicyclic) bond motifs is 1. The molecular weight excluding hydrogens is 545 g/mol. The molecule has 4 heterocycles. The maximum atomic E-state index is 14.4. The fourth-order valence-corrected chi connectivity index (χ4v) is 6.55. The standard InChI is InChI=1S/C30H26FN5O4S/c31-23-12-18(13-32)4-6-24(23)35-11-10-20(15-35)41-28-9-5-19(14-33-28)17-40-26-3-1-2-21-22(26)16-36(30(21)39)25-7-8-27(37)34-29(25)38/h1-6,9,12,14,20,25H,7-8,10-11,15-17H2,(H,34,37,38)/t20-,25-/m0/s1. The Labute approximate surface area is 240 Å². The molecule has 2 aromatic carbocycles. The van der Waals surface area contributed by atoms with Crippen molar-refractivity contribution in [3.8, 4) is 11.8 Å². The number of benzene rings is 2. The van der Waals surface area contributed by atoms with Gasteiger partial charge in [-0.15, -0.1) is 11.8 Å². The van der Waals surface area contributed by atoms with Gasteiger partial charge in [-0.2, -0.15) is 5.26 Å². The van der Waals surface area contributed by atoms with Crippen LogP contribution in [0.25, 0.3) is 0 Å². The lowest BCUT2D eigenvalue weighted by molar-refractivity contribution is -0.136. The van der Waals surface area contributed by atoms with Gasteiger partial charge in [0.15, 0.2) is 0 Å². The number of hydrogen-bond donors (Lipinski definition) is 1. The zero-order valence-electron chi connectivity index (χ0n) is 22.0. The summed E-state index contributed by atoms with van der Waals surface area (Å²) in [6.07, 6.45) is 3.17. The molecule has 208 valence electrons. The molecule has 3 aromatic rings. The molecule has 11 heteroatoms. The van der Waals surface area contributed by atoms with E-state index in [2.05, 4.69) is 10.3 Å². The predicted molar refractivity (Wildman–Crippen MR) is 149 cm³/mol. The van der Waals surface area contributed by atoms with Crippen molar-refractivity contribution in [3.05, 3.63) is 82.8 Å². The second-order valence-electron chi connectivity index (χ2n) is 10.2. The van der Waals surface area contributed by atoms with Crippen molar-refractivity contribution in [3.63, 3.8) is 0 Å². The van der Waals surface area contributed by atoms with Crippen LogP contribution in [0.2, 0.25) is 0 Å². The summed E-state index contributed by atoms with van der Waals surface area (Å²) in [7, 11) is 0. The van der Waals surface area contributed by atoms with Crippen molar-refractivity contribution >= 4 is 35.2 Å². The summed E-state index contributed by atoms with van der Waals surface area (Å²) >= 11 is 1.65. The molecule has 0 bridgehead atoms. The van der Waals surface area contributed by atoms with Crippen LogP contribution in [0.5, 0.6) is 5.75 Å². The minimum absolute atomic E-state index is 0.204. The highest BCUT2D eigenvalue weighted by Crippen LogP contribution is 2.35. The van der Waals surface area contributed by atoms with E-state index in [1.807, 2.05) is 23.1 Å². The van der Waals surface area contributed by atoms with Crippen LogP contribution in [0.4, 0.5) is 10.1 Å². The SMILES string of the molecule is N#Cc1ccc(N2CC[C@H](Sc3ccc(COc4cccc5c4CN([C@H]4CCC(=O)NC4=O)C5=O)cn3)C2)c(F)c1. The minimum Gasteiger partial charge on any atom is -0.488 e. The molecule has 2 atom stereocenters. The predicted octanol–water partition coefficient (Wildman–Crippen LogP) is 3.80. The van der Waals surface area contributed by atoms with Crippen molar-refractivity contribution in [1.29, 1.82) is 5.26 Å². The number of halogens is 1. The Bertz CT molecular complexity index is 1570. The van der Waals surface area contributed by atoms with Crippen molar-refractivity contribution in [1.82, 2.24) is 15.2 Å². The normalized spacial score (nSPS) is 20.1. The zero-order valence-corrected chi connectivity index (χ0v) is 22.8. The van der Waals surface area contributed by atoms with Gasteiger partial charge in [0.25, 0.3) is 5.91 Å². The van der Waals surface area contributed by atoms with E-state index in [1.54, 1.807) is 48.3 Å². The number of piperidine rings is 1. The minimum atomic E-state index is -0.676. The first kappa shape index (κ1) is 26.8. The number of pyridine rings is 1. The average molecular weight is 572 g/mol. The molecule has 9 nitrogen and oxygen atoms in total. The van der Waals surface area contributed by atoms with Gasteiger partial charge in [0.1, 0.15) is 24.2 Å². The third-order valence-electron chi connectivity index (χ3n) is 7.58. The Hall–Kier alpha value is -4.43. The quantitative estimate of drug-likeness (QED) is 0.426. The highest BCUT2D eigenvalue weighted by atomic mass is 32.2. The summed E-state index contributed by atoms with van der Waals surface area (Å²) in [5.74, 6) is -0.809. The monoisotopic (exact) mass is 571 g/mol. The maximum Gasteiger partial charge on any atom is 0.255 e. The smallest absolute Gasteiger partial charge is 0.255 e. The second-order valence-corrected chi connectivity index (χ2v) is 11.5. The number of aromatic nitrogens is 1. The van der Waals surface area contributed by atoms with Gasteiger partial charge < -0.3 is 14.5 Å². The van der Waals surface area contributed by atoms with Crippen LogP contribution in [-0.2, 0) is 22.7 Å². The first-order valence-corrected chi connectivity index (χ1v) is 14.2. The number of amides is 3. The molecule has 41 heavy (non-hydrogen) atoms. The zero-order chi connectivity index (χ0) is 28.5. The lowest BCUT2D eigenvalue weighted by atomic mass is 10.0. The Morgan fingerprint density at radius 3 is 2.78 bits per heavy atom. The molecule has 0 spiro atoms. The largest absolute Gasteiger partial charge is 0.488 e. The van der Waals surface area contributed by atoms with Gasteiger partial charge >= 0.3 is 0 Å². The number of nitrogens with one attached hydrogen (secondary N) is 1. The second kappa shape index (κ2) is 11.2. The van der Waals surface area contributed by atoms with Crippen molar-refractivity contribution in [2.24, 2.45) is 0 Å². The van der Waals surface area contributed by atoms with Crippen LogP contribution in [0.1, 0.15) is 46.3 Å². The number of thioether (sulfide) groups is 1. The number of nitrogens with zero attached hydrogens (tertiary/aromatic N) is 4. The summed E-state index contributed by atoms with van der Waals surface area (Å²) in [6.45, 7) is 1.93. The lowest BCUT2D eigenvalue weighted by Gasteiger charge is -2.29. The maximum absolute atomic E-state index is 14.4. The summed E-state index contributed by atoms with van der Waals surface area (Å²) in [5.41, 5.74) is 2.92. The molecule has 0 radical (unpaired) electrons. The van der Waals surface area contributed by atoms with Crippen LogP contribution in [0.3, 0.4) is 0 Å². The van der Waals surface area contributed by atoms with E-state index in [9.17, 15) is 18.8 Å². The van der Waals surface area contributed by atoms with Crippen molar-refractivity contribution < 1.29 is 23.5 Å². The first-order chi connectivity index (χ1) is 19.9. The number of ether oxygens (including phenoxy) is 1. The Morgan fingerprint density at radius 2 is 2.02 bits per heavy atom. The number of rotatable bonds is 7. The molecule has 3 aliphatic rings. The van der Waals surface area contributed by atoms with E-state index >= 15 is 0 Å². The summed E-state index contributed by atoms with van der Waals surface area (Å²) in [6, 6.07) is 15.0. The highest BCUT2D eigenvalue weighted by molar-refractivity contribution is 7.99. The number of carbonyl (C=O) groups is 3. The van der Waals surface area contributed by atoms with Gasteiger partial charge in [0.05, 0.1) is 28.9 Å². The number of hydrogen-bond acceptors (Lipinski definition) is 8. The number of nitriles is 1. The molecule has 6 rings (SSSR count). The lowest BCUT2D eigenvalue weighted by Crippen LogP contribution is -2.52. The highest BCUT2D eigenvalue weighted by Gasteiger charge is 2.40. The van der Waals surface area contributed by atoms with E-state index in [1.165, 1.54) is 11.0 Å². The molecular formula is C30H26FN5O4S. The molecule has 3 aliphatic heterocycles. The first-order valence-electron chi connectivity index (χ1n) is 13.3. The Balaban J connectivity index is 1.05. The fourth-order valence-electron chi connectivity index (χ4n) is 5.47. The Kier molecular flexibility index (Phi) is 7.32. The van der Waals surface area contributed by atoms with Crippen LogP contribution >= 0.6 is 11.8 Å². The number of carbonyl (C=O) groups excluding carboxylic acids is 3. The van der Waals surface area contributed by atoms with Crippen LogP contribution < -0.4 is 15.0 Å². The van der Waals surface area contributed by atoms with Gasteiger partial charge in [-0.25, -0.2) is 9.37 Å². The fraction of sp³-hybridized carbons (Fsp3) is 0.300. The topological polar surface area (TPSA) is 116 Å². The molecule has 0 unspecified atom stereocenters. The summed E-state index contributed by atoms with van der Waals surface area (Å²) in [4.78, 5) is 45.0. The van der Waals surface area contributed by atoms with Gasteiger partial charge in [-0.3, -0.25) is 19.7 Å².